The van der Waals surface area contributed by atoms with Crippen LogP contribution in [0.5, 0.6) is 0 Å². The average molecular weight is 507 g/mol. The number of hydrogen-bond acceptors (Lipinski definition) is 5. The Labute approximate surface area is 202 Å². The van der Waals surface area contributed by atoms with Crippen LogP contribution >= 0.6 is 0 Å². The van der Waals surface area contributed by atoms with E-state index in [1.807, 2.05) is 0 Å². The van der Waals surface area contributed by atoms with Crippen molar-refractivity contribution >= 4 is 12.1 Å². The molecule has 12 heteroatoms. The third kappa shape index (κ3) is 3.97. The van der Waals surface area contributed by atoms with Crippen LogP contribution in [0.3, 0.4) is 0 Å². The van der Waals surface area contributed by atoms with Gasteiger partial charge in [0.25, 0.3) is 5.56 Å². The van der Waals surface area contributed by atoms with E-state index in [2.05, 4.69) is 0 Å². The number of carboxylic acids is 1. The summed E-state index contributed by atoms with van der Waals surface area (Å²) in [6, 6.07) is 2.18. The number of aromatic nitrogens is 2. The molecule has 1 amide bonds. The molecule has 0 unspecified atom stereocenters. The maximum atomic E-state index is 13.6. The predicted molar refractivity (Wildman–Crippen MR) is 119 cm³/mol. The molecule has 36 heavy (non-hydrogen) atoms. The van der Waals surface area contributed by atoms with Gasteiger partial charge in [0.15, 0.2) is 0 Å². The second-order valence-corrected chi connectivity index (χ2v) is 9.41. The van der Waals surface area contributed by atoms with Gasteiger partial charge in [0.1, 0.15) is 12.2 Å². The van der Waals surface area contributed by atoms with E-state index in [1.165, 1.54) is 16.7 Å². The number of carboxylic acid groups (broad SMARTS) is 1. The summed E-state index contributed by atoms with van der Waals surface area (Å²) >= 11 is 0. The molecule has 2 aliphatic carbocycles. The predicted octanol–water partition coefficient (Wildman–Crippen LogP) is 3.20. The van der Waals surface area contributed by atoms with E-state index >= 15 is 0 Å². The number of ether oxygens (including phenoxy) is 1. The fraction of sp³-hybridized carbons (Fsp3) is 0.500. The topological polar surface area (TPSA) is 111 Å². The number of carbonyl (C=O) groups is 2. The number of halogens is 3. The number of hydrogen-bond donors (Lipinski definition) is 1. The van der Waals surface area contributed by atoms with Gasteiger partial charge in [-0.15, -0.1) is 0 Å². The van der Waals surface area contributed by atoms with Gasteiger partial charge in [-0.25, -0.2) is 14.4 Å². The Bertz CT molecular complexity index is 1340. The lowest BCUT2D eigenvalue weighted by molar-refractivity contribution is -0.138. The van der Waals surface area contributed by atoms with E-state index in [-0.39, 0.29) is 36.1 Å². The van der Waals surface area contributed by atoms with E-state index in [9.17, 15) is 37.5 Å². The third-order valence-corrected chi connectivity index (χ3v) is 7.52. The van der Waals surface area contributed by atoms with Crippen molar-refractivity contribution < 1.29 is 32.6 Å². The lowest BCUT2D eigenvalue weighted by Crippen LogP contribution is -2.46. The normalized spacial score (nSPS) is 24.0. The van der Waals surface area contributed by atoms with Crippen molar-refractivity contribution in [3.05, 3.63) is 67.5 Å². The summed E-state index contributed by atoms with van der Waals surface area (Å²) in [5.41, 5.74) is -2.98. The number of rotatable bonds is 4. The molecule has 0 radical (unpaired) electrons. The summed E-state index contributed by atoms with van der Waals surface area (Å²) in [4.78, 5) is 52.1. The van der Waals surface area contributed by atoms with Crippen LogP contribution in [-0.4, -0.2) is 50.4 Å². The van der Waals surface area contributed by atoms with Crippen molar-refractivity contribution in [2.24, 2.45) is 0 Å². The summed E-state index contributed by atoms with van der Waals surface area (Å²) in [6.07, 6.45) is -1.79. The zero-order valence-corrected chi connectivity index (χ0v) is 19.2. The quantitative estimate of drug-likeness (QED) is 0.681. The number of benzene rings is 1. The minimum Gasteiger partial charge on any atom is -0.477 e. The molecule has 2 heterocycles. The molecule has 0 bridgehead atoms. The highest BCUT2D eigenvalue weighted by atomic mass is 19.4. The van der Waals surface area contributed by atoms with Crippen molar-refractivity contribution in [3.63, 3.8) is 0 Å². The Balaban J connectivity index is 1.53. The van der Waals surface area contributed by atoms with Crippen LogP contribution in [-0.2, 0) is 17.3 Å². The van der Waals surface area contributed by atoms with Crippen LogP contribution in [0.4, 0.5) is 18.0 Å². The number of fused-ring (bicyclic) bond motifs is 1. The molecule has 3 aliphatic rings. The Morgan fingerprint density at radius 3 is 2.33 bits per heavy atom. The Kier molecular flexibility index (Phi) is 5.92. The van der Waals surface area contributed by atoms with Gasteiger partial charge in [-0.2, -0.15) is 13.2 Å². The lowest BCUT2D eigenvalue weighted by atomic mass is 9.90. The summed E-state index contributed by atoms with van der Waals surface area (Å²) < 4.78 is 47.6. The van der Waals surface area contributed by atoms with E-state index in [4.69, 9.17) is 4.74 Å². The fourth-order valence-corrected chi connectivity index (χ4v) is 5.83. The first kappa shape index (κ1) is 24.1. The van der Waals surface area contributed by atoms with Gasteiger partial charge in [-0.1, -0.05) is 12.1 Å². The zero-order chi connectivity index (χ0) is 25.8. The molecule has 0 spiro atoms. The monoisotopic (exact) mass is 507 g/mol. The summed E-state index contributed by atoms with van der Waals surface area (Å²) in [5, 5.41) is 9.67. The minimum absolute atomic E-state index is 0.00983. The largest absolute Gasteiger partial charge is 0.477 e. The number of aromatic carboxylic acids is 1. The molecule has 192 valence electrons. The maximum absolute atomic E-state index is 13.6. The standard InChI is InChI=1S/C24H24F3N3O6/c25-24(26,27)18-3-1-2-16-15(18)8-9-19(16)30-20(31)17(21(32)33)12-29(22(30)34)14-6-4-13(5-7-14)28-10-11-36-23(28)35/h1-3,12-14,19H,4-11H2,(H,32,33)/t13-,14+,19-/m0/s1. The highest BCUT2D eigenvalue weighted by Gasteiger charge is 2.39. The Morgan fingerprint density at radius 2 is 1.72 bits per heavy atom. The maximum Gasteiger partial charge on any atom is 0.416 e. The SMILES string of the molecule is O=C(O)c1cn([C@H]2CC[C@@H](N3CCOC3=O)CC2)c(=O)n([C@H]2CCc3c2cccc3C(F)(F)F)c1=O. The first-order chi connectivity index (χ1) is 17.1. The highest BCUT2D eigenvalue weighted by molar-refractivity contribution is 5.86. The zero-order valence-electron chi connectivity index (χ0n) is 19.2. The van der Waals surface area contributed by atoms with Crippen molar-refractivity contribution in [1.29, 1.82) is 0 Å². The summed E-state index contributed by atoms with van der Waals surface area (Å²) in [5.74, 6) is -1.52. The molecule has 9 nitrogen and oxygen atoms in total. The Morgan fingerprint density at radius 1 is 1.03 bits per heavy atom. The molecule has 1 aromatic heterocycles. The molecule has 1 aliphatic heterocycles. The third-order valence-electron chi connectivity index (χ3n) is 7.52. The van der Waals surface area contributed by atoms with Crippen LogP contribution in [0.2, 0.25) is 0 Å². The van der Waals surface area contributed by atoms with E-state index in [0.717, 1.165) is 16.8 Å². The van der Waals surface area contributed by atoms with Gasteiger partial charge in [-0.05, 0) is 55.7 Å². The number of alkyl halides is 3. The molecule has 2 fully saturated rings. The first-order valence-electron chi connectivity index (χ1n) is 11.8. The number of nitrogens with zero attached hydrogens (tertiary/aromatic N) is 3. The van der Waals surface area contributed by atoms with Gasteiger partial charge in [-0.3, -0.25) is 13.9 Å². The second kappa shape index (κ2) is 8.82. The lowest BCUT2D eigenvalue weighted by Gasteiger charge is -2.34. The number of carbonyl (C=O) groups excluding carboxylic acids is 1. The van der Waals surface area contributed by atoms with Gasteiger partial charge in [0, 0.05) is 18.3 Å². The van der Waals surface area contributed by atoms with Crippen LogP contribution in [0.25, 0.3) is 0 Å². The molecule has 1 atom stereocenters. The van der Waals surface area contributed by atoms with Gasteiger partial charge >= 0.3 is 23.9 Å². The van der Waals surface area contributed by atoms with Crippen LogP contribution in [0.1, 0.15) is 71.2 Å². The average Bonchev–Trinajstić information content (AvgIpc) is 3.45. The van der Waals surface area contributed by atoms with Crippen LogP contribution in [0.15, 0.2) is 34.0 Å². The van der Waals surface area contributed by atoms with Crippen LogP contribution < -0.4 is 11.2 Å². The molecular weight excluding hydrogens is 483 g/mol. The molecule has 5 rings (SSSR count). The van der Waals surface area contributed by atoms with E-state index in [0.29, 0.717) is 38.8 Å². The van der Waals surface area contributed by atoms with E-state index in [1.54, 1.807) is 4.90 Å². The number of amides is 1. The van der Waals surface area contributed by atoms with Crippen LogP contribution in [0, 0.1) is 0 Å². The molecule has 1 N–H and O–H groups in total. The number of cyclic esters (lactones) is 1. The smallest absolute Gasteiger partial charge is 0.416 e. The summed E-state index contributed by atoms with van der Waals surface area (Å²) in [6.45, 7) is 0.813. The van der Waals surface area contributed by atoms with Gasteiger partial charge in [0.05, 0.1) is 18.2 Å². The molecule has 2 aromatic rings. The van der Waals surface area contributed by atoms with Gasteiger partial charge in [0.2, 0.25) is 0 Å². The Hall–Kier alpha value is -3.57. The minimum atomic E-state index is -4.59. The molecule has 1 saturated heterocycles. The van der Waals surface area contributed by atoms with Crippen molar-refractivity contribution in [2.45, 2.75) is 62.8 Å². The van der Waals surface area contributed by atoms with Crippen molar-refractivity contribution in [3.8, 4) is 0 Å². The molecule has 1 aromatic carbocycles. The molecule has 1 saturated carbocycles. The summed E-state index contributed by atoms with van der Waals surface area (Å²) in [7, 11) is 0. The molecular formula is C24H24F3N3O6. The van der Waals surface area contributed by atoms with E-state index < -0.39 is 46.6 Å². The second-order valence-electron chi connectivity index (χ2n) is 9.41. The van der Waals surface area contributed by atoms with Crippen molar-refractivity contribution in [1.82, 2.24) is 14.0 Å². The van der Waals surface area contributed by atoms with Crippen molar-refractivity contribution in [2.75, 3.05) is 13.2 Å². The van der Waals surface area contributed by atoms with Gasteiger partial charge < -0.3 is 14.7 Å². The highest BCUT2D eigenvalue weighted by Crippen LogP contribution is 2.41. The fourth-order valence-electron chi connectivity index (χ4n) is 5.83. The first-order valence-corrected chi connectivity index (χ1v) is 11.8.